The minimum Gasteiger partial charge on any atom is -0.314 e. The monoisotopic (exact) mass is 268 g/mol. The van der Waals surface area contributed by atoms with Crippen molar-refractivity contribution in [3.63, 3.8) is 0 Å². The summed E-state index contributed by atoms with van der Waals surface area (Å²) in [6.45, 7) is 7.03. The average Bonchev–Trinajstić information content (AvgIpc) is 2.26. The molecule has 0 amide bonds. The SMILES string of the molecule is CCCNC1CCN(CCOC(F)(F)F)CC1C. The molecule has 0 radical (unpaired) electrons. The first kappa shape index (κ1) is 15.7. The van der Waals surface area contributed by atoms with Crippen LogP contribution in [-0.2, 0) is 4.74 Å². The molecule has 2 unspecified atom stereocenters. The van der Waals surface area contributed by atoms with E-state index in [-0.39, 0.29) is 6.61 Å². The van der Waals surface area contributed by atoms with Gasteiger partial charge in [-0.15, -0.1) is 13.2 Å². The highest BCUT2D eigenvalue weighted by Gasteiger charge is 2.30. The van der Waals surface area contributed by atoms with Crippen LogP contribution in [0.3, 0.4) is 0 Å². The molecule has 1 aliphatic heterocycles. The van der Waals surface area contributed by atoms with Gasteiger partial charge in [-0.05, 0) is 31.8 Å². The largest absolute Gasteiger partial charge is 0.522 e. The minimum absolute atomic E-state index is 0.275. The lowest BCUT2D eigenvalue weighted by Crippen LogP contribution is -2.49. The van der Waals surface area contributed by atoms with Crippen LogP contribution < -0.4 is 5.32 Å². The molecule has 108 valence electrons. The molecular weight excluding hydrogens is 245 g/mol. The molecule has 1 fully saturated rings. The first-order valence-electron chi connectivity index (χ1n) is 6.58. The Bertz CT molecular complexity index is 236. The molecule has 0 aromatic rings. The van der Waals surface area contributed by atoms with Crippen molar-refractivity contribution in [3.05, 3.63) is 0 Å². The van der Waals surface area contributed by atoms with Gasteiger partial charge >= 0.3 is 6.36 Å². The lowest BCUT2D eigenvalue weighted by Gasteiger charge is -2.37. The van der Waals surface area contributed by atoms with Crippen LogP contribution in [-0.4, -0.2) is 50.1 Å². The van der Waals surface area contributed by atoms with Crippen molar-refractivity contribution in [2.75, 3.05) is 32.8 Å². The van der Waals surface area contributed by atoms with Gasteiger partial charge in [-0.3, -0.25) is 4.74 Å². The van der Waals surface area contributed by atoms with Crippen LogP contribution in [0.2, 0.25) is 0 Å². The molecule has 2 atom stereocenters. The first-order chi connectivity index (χ1) is 8.42. The summed E-state index contributed by atoms with van der Waals surface area (Å²) in [5.74, 6) is 0.469. The summed E-state index contributed by atoms with van der Waals surface area (Å²) in [5, 5.41) is 3.48. The Labute approximate surface area is 107 Å². The zero-order valence-electron chi connectivity index (χ0n) is 11.1. The second kappa shape index (κ2) is 7.31. The van der Waals surface area contributed by atoms with Crippen LogP contribution in [0.4, 0.5) is 13.2 Å². The van der Waals surface area contributed by atoms with Gasteiger partial charge in [0, 0.05) is 19.1 Å². The Morgan fingerprint density at radius 2 is 2.11 bits per heavy atom. The molecule has 1 aliphatic rings. The third kappa shape index (κ3) is 6.02. The van der Waals surface area contributed by atoms with Crippen molar-refractivity contribution in [1.29, 1.82) is 0 Å². The summed E-state index contributed by atoms with van der Waals surface area (Å²) in [4.78, 5) is 2.04. The van der Waals surface area contributed by atoms with Crippen molar-refractivity contribution in [3.8, 4) is 0 Å². The first-order valence-corrected chi connectivity index (χ1v) is 6.58. The summed E-state index contributed by atoms with van der Waals surface area (Å²) in [6, 6.07) is 0.490. The standard InChI is InChI=1S/C12H23F3N2O/c1-3-5-16-11-4-6-17(9-10(11)2)7-8-18-12(13,14)15/h10-11,16H,3-9H2,1-2H3. The molecule has 1 rings (SSSR count). The zero-order valence-corrected chi connectivity index (χ0v) is 11.1. The number of alkyl halides is 3. The summed E-state index contributed by atoms with van der Waals surface area (Å²) in [7, 11) is 0. The van der Waals surface area contributed by atoms with E-state index < -0.39 is 6.36 Å². The van der Waals surface area contributed by atoms with Gasteiger partial charge < -0.3 is 10.2 Å². The molecule has 1 heterocycles. The van der Waals surface area contributed by atoms with E-state index in [0.29, 0.717) is 18.5 Å². The summed E-state index contributed by atoms with van der Waals surface area (Å²) >= 11 is 0. The summed E-state index contributed by atoms with van der Waals surface area (Å²) in [6.07, 6.45) is -2.41. The average molecular weight is 268 g/mol. The van der Waals surface area contributed by atoms with Crippen LogP contribution in [0.25, 0.3) is 0 Å². The summed E-state index contributed by atoms with van der Waals surface area (Å²) < 4.78 is 39.3. The van der Waals surface area contributed by atoms with Gasteiger partial charge in [0.25, 0.3) is 0 Å². The molecule has 0 saturated carbocycles. The van der Waals surface area contributed by atoms with Gasteiger partial charge in [0.1, 0.15) is 0 Å². The number of hydrogen-bond donors (Lipinski definition) is 1. The number of hydrogen-bond acceptors (Lipinski definition) is 3. The fraction of sp³-hybridized carbons (Fsp3) is 1.00. The molecule has 0 bridgehead atoms. The van der Waals surface area contributed by atoms with Gasteiger partial charge in [0.2, 0.25) is 0 Å². The van der Waals surface area contributed by atoms with E-state index in [1.807, 2.05) is 4.90 Å². The van der Waals surface area contributed by atoms with Gasteiger partial charge in [-0.1, -0.05) is 13.8 Å². The molecule has 1 N–H and O–H groups in total. The normalized spacial score (nSPS) is 26.5. The smallest absolute Gasteiger partial charge is 0.314 e. The number of likely N-dealkylation sites (tertiary alicyclic amines) is 1. The highest BCUT2D eigenvalue weighted by molar-refractivity contribution is 4.82. The van der Waals surface area contributed by atoms with Gasteiger partial charge in [-0.25, -0.2) is 0 Å². The topological polar surface area (TPSA) is 24.5 Å². The van der Waals surface area contributed by atoms with Crippen LogP contribution in [0.15, 0.2) is 0 Å². The molecule has 0 aliphatic carbocycles. The molecule has 3 nitrogen and oxygen atoms in total. The highest BCUT2D eigenvalue weighted by Crippen LogP contribution is 2.18. The van der Waals surface area contributed by atoms with Crippen LogP contribution >= 0.6 is 0 Å². The molecule has 0 spiro atoms. The number of ether oxygens (including phenoxy) is 1. The molecule has 1 saturated heterocycles. The Hall–Kier alpha value is -0.330. The second-order valence-corrected chi connectivity index (χ2v) is 4.92. The predicted molar refractivity (Wildman–Crippen MR) is 64.3 cm³/mol. The molecule has 6 heteroatoms. The fourth-order valence-corrected chi connectivity index (χ4v) is 2.36. The summed E-state index contributed by atoms with van der Waals surface area (Å²) in [5.41, 5.74) is 0. The van der Waals surface area contributed by atoms with E-state index in [0.717, 1.165) is 32.5 Å². The number of halogens is 3. The number of rotatable bonds is 6. The van der Waals surface area contributed by atoms with Gasteiger partial charge in [0.15, 0.2) is 0 Å². The Morgan fingerprint density at radius 3 is 2.67 bits per heavy atom. The van der Waals surface area contributed by atoms with Crippen molar-refractivity contribution < 1.29 is 17.9 Å². The molecule has 18 heavy (non-hydrogen) atoms. The van der Waals surface area contributed by atoms with Crippen molar-refractivity contribution in [2.24, 2.45) is 5.92 Å². The van der Waals surface area contributed by atoms with E-state index in [1.165, 1.54) is 0 Å². The predicted octanol–water partition coefficient (Wildman–Crippen LogP) is 2.23. The molecule has 0 aromatic heterocycles. The zero-order chi connectivity index (χ0) is 13.6. The third-order valence-corrected chi connectivity index (χ3v) is 3.32. The number of nitrogens with zero attached hydrogens (tertiary/aromatic N) is 1. The molecular formula is C12H23F3N2O. The van der Waals surface area contributed by atoms with Crippen molar-refractivity contribution in [1.82, 2.24) is 10.2 Å². The van der Waals surface area contributed by atoms with Gasteiger partial charge in [0.05, 0.1) is 6.61 Å². The Kier molecular flexibility index (Phi) is 6.38. The van der Waals surface area contributed by atoms with E-state index in [1.54, 1.807) is 0 Å². The van der Waals surface area contributed by atoms with Crippen molar-refractivity contribution in [2.45, 2.75) is 39.1 Å². The van der Waals surface area contributed by atoms with Gasteiger partial charge in [-0.2, -0.15) is 0 Å². The van der Waals surface area contributed by atoms with E-state index in [9.17, 15) is 13.2 Å². The Balaban J connectivity index is 2.20. The highest BCUT2D eigenvalue weighted by atomic mass is 19.4. The number of piperidine rings is 1. The van der Waals surface area contributed by atoms with Crippen LogP contribution in [0, 0.1) is 5.92 Å². The maximum atomic E-state index is 11.8. The maximum absolute atomic E-state index is 11.8. The lowest BCUT2D eigenvalue weighted by molar-refractivity contribution is -0.325. The van der Waals surface area contributed by atoms with E-state index in [4.69, 9.17) is 0 Å². The van der Waals surface area contributed by atoms with Crippen LogP contribution in [0.5, 0.6) is 0 Å². The lowest BCUT2D eigenvalue weighted by atomic mass is 9.94. The second-order valence-electron chi connectivity index (χ2n) is 4.92. The van der Waals surface area contributed by atoms with E-state index in [2.05, 4.69) is 23.9 Å². The number of nitrogens with one attached hydrogen (secondary N) is 1. The molecule has 0 aromatic carbocycles. The quantitative estimate of drug-likeness (QED) is 0.799. The van der Waals surface area contributed by atoms with E-state index >= 15 is 0 Å². The fourth-order valence-electron chi connectivity index (χ4n) is 2.36. The van der Waals surface area contributed by atoms with Crippen molar-refractivity contribution >= 4 is 0 Å². The maximum Gasteiger partial charge on any atom is 0.522 e. The minimum atomic E-state index is -4.51. The van der Waals surface area contributed by atoms with Crippen LogP contribution in [0.1, 0.15) is 26.7 Å². The Morgan fingerprint density at radius 1 is 1.39 bits per heavy atom. The third-order valence-electron chi connectivity index (χ3n) is 3.32.